The molecule has 4 heteroatoms. The second-order valence-corrected chi connectivity index (χ2v) is 3.19. The molecule has 0 saturated carbocycles. The molecule has 0 aliphatic rings. The average Bonchev–Trinajstić information content (AvgIpc) is 2.15. The number of aliphatic hydroxyl groups is 1. The van der Waals surface area contributed by atoms with Gasteiger partial charge in [-0.1, -0.05) is 0 Å². The molecule has 3 N–H and O–H groups in total. The third-order valence-electron chi connectivity index (χ3n) is 2.03. The standard InChI is InChI=1S/C10H14FNO2/c1-6(13)10(12)7-3-8(11)5-9(4-7)14-2/h3-6,10,13H,12H2,1-2H3/t6?,10-/m1/s1. The maximum Gasteiger partial charge on any atom is 0.127 e. The number of benzene rings is 1. The Kier molecular flexibility index (Phi) is 3.43. The van der Waals surface area contributed by atoms with E-state index < -0.39 is 18.0 Å². The molecule has 0 bridgehead atoms. The maximum atomic E-state index is 13.0. The molecule has 0 radical (unpaired) electrons. The minimum Gasteiger partial charge on any atom is -0.497 e. The first-order valence-corrected chi connectivity index (χ1v) is 4.32. The molecule has 2 atom stereocenters. The molecule has 0 fully saturated rings. The molecule has 0 aliphatic heterocycles. The molecule has 0 heterocycles. The van der Waals surface area contributed by atoms with Crippen LogP contribution >= 0.6 is 0 Å². The van der Waals surface area contributed by atoms with Gasteiger partial charge in [-0.25, -0.2) is 4.39 Å². The second-order valence-electron chi connectivity index (χ2n) is 3.19. The summed E-state index contributed by atoms with van der Waals surface area (Å²) in [5.74, 6) is -0.0217. The second kappa shape index (κ2) is 4.39. The highest BCUT2D eigenvalue weighted by molar-refractivity contribution is 5.31. The number of nitrogens with two attached hydrogens (primary N) is 1. The summed E-state index contributed by atoms with van der Waals surface area (Å²) >= 11 is 0. The van der Waals surface area contributed by atoms with Crippen LogP contribution in [0.2, 0.25) is 0 Å². The van der Waals surface area contributed by atoms with Gasteiger partial charge in [0.2, 0.25) is 0 Å². The van der Waals surface area contributed by atoms with E-state index in [2.05, 4.69) is 0 Å². The number of halogens is 1. The first-order chi connectivity index (χ1) is 6.54. The number of methoxy groups -OCH3 is 1. The lowest BCUT2D eigenvalue weighted by Gasteiger charge is -2.15. The fraction of sp³-hybridized carbons (Fsp3) is 0.400. The Balaban J connectivity index is 3.02. The Morgan fingerprint density at radius 1 is 1.43 bits per heavy atom. The Hall–Kier alpha value is -1.13. The SMILES string of the molecule is COc1cc(F)cc([C@H](N)C(C)O)c1. The molecule has 1 rings (SSSR count). The van der Waals surface area contributed by atoms with Crippen molar-refractivity contribution in [2.24, 2.45) is 5.73 Å². The van der Waals surface area contributed by atoms with Crippen LogP contribution in [0.5, 0.6) is 5.75 Å². The fourth-order valence-corrected chi connectivity index (χ4v) is 1.17. The third kappa shape index (κ3) is 2.43. The van der Waals surface area contributed by atoms with Crippen molar-refractivity contribution >= 4 is 0 Å². The summed E-state index contributed by atoms with van der Waals surface area (Å²) in [6, 6.07) is 3.57. The van der Waals surface area contributed by atoms with Gasteiger partial charge in [-0.2, -0.15) is 0 Å². The molecule has 1 unspecified atom stereocenters. The van der Waals surface area contributed by atoms with Gasteiger partial charge in [-0.05, 0) is 24.6 Å². The van der Waals surface area contributed by atoms with Crippen molar-refractivity contribution in [1.82, 2.24) is 0 Å². The van der Waals surface area contributed by atoms with Gasteiger partial charge in [0.15, 0.2) is 0 Å². The number of rotatable bonds is 3. The molecule has 0 aliphatic carbocycles. The van der Waals surface area contributed by atoms with E-state index in [-0.39, 0.29) is 0 Å². The molecule has 0 saturated heterocycles. The summed E-state index contributed by atoms with van der Waals surface area (Å²) in [6.07, 6.45) is -0.721. The Labute approximate surface area is 82.3 Å². The van der Waals surface area contributed by atoms with Gasteiger partial charge in [0, 0.05) is 6.07 Å². The normalized spacial score (nSPS) is 14.9. The zero-order valence-electron chi connectivity index (χ0n) is 8.20. The largest absolute Gasteiger partial charge is 0.497 e. The van der Waals surface area contributed by atoms with Crippen LogP contribution in [0.1, 0.15) is 18.5 Å². The van der Waals surface area contributed by atoms with Crippen molar-refractivity contribution < 1.29 is 14.2 Å². The topological polar surface area (TPSA) is 55.5 Å². The summed E-state index contributed by atoms with van der Waals surface area (Å²) < 4.78 is 17.9. The molecular weight excluding hydrogens is 185 g/mol. The van der Waals surface area contributed by atoms with Crippen LogP contribution < -0.4 is 10.5 Å². The minimum atomic E-state index is -0.721. The van der Waals surface area contributed by atoms with Crippen LogP contribution in [-0.4, -0.2) is 18.3 Å². The zero-order valence-corrected chi connectivity index (χ0v) is 8.20. The van der Waals surface area contributed by atoms with E-state index in [9.17, 15) is 9.50 Å². The van der Waals surface area contributed by atoms with E-state index in [0.29, 0.717) is 11.3 Å². The van der Waals surface area contributed by atoms with Gasteiger partial charge >= 0.3 is 0 Å². The smallest absolute Gasteiger partial charge is 0.127 e. The molecule has 0 amide bonds. The molecule has 78 valence electrons. The van der Waals surface area contributed by atoms with E-state index in [1.165, 1.54) is 19.2 Å². The molecule has 1 aromatic carbocycles. The Morgan fingerprint density at radius 2 is 2.07 bits per heavy atom. The van der Waals surface area contributed by atoms with Gasteiger partial charge in [0.05, 0.1) is 19.3 Å². The van der Waals surface area contributed by atoms with Gasteiger partial charge in [-0.3, -0.25) is 0 Å². The van der Waals surface area contributed by atoms with Crippen molar-refractivity contribution in [1.29, 1.82) is 0 Å². The van der Waals surface area contributed by atoms with E-state index >= 15 is 0 Å². The van der Waals surface area contributed by atoms with E-state index in [1.807, 2.05) is 0 Å². The predicted molar refractivity (Wildman–Crippen MR) is 51.6 cm³/mol. The minimum absolute atomic E-state index is 0.399. The molecular formula is C10H14FNO2. The summed E-state index contributed by atoms with van der Waals surface area (Å²) in [5.41, 5.74) is 6.18. The van der Waals surface area contributed by atoms with Crippen LogP contribution in [0, 0.1) is 5.82 Å². The Bertz CT molecular complexity index is 315. The predicted octanol–water partition coefficient (Wildman–Crippen LogP) is 1.21. The van der Waals surface area contributed by atoms with Crippen LogP contribution in [0.4, 0.5) is 4.39 Å². The van der Waals surface area contributed by atoms with Crippen LogP contribution in [0.15, 0.2) is 18.2 Å². The highest BCUT2D eigenvalue weighted by Gasteiger charge is 2.13. The molecule has 1 aromatic rings. The summed E-state index contributed by atoms with van der Waals surface area (Å²) in [6.45, 7) is 1.56. The quantitative estimate of drug-likeness (QED) is 0.769. The van der Waals surface area contributed by atoms with E-state index in [4.69, 9.17) is 10.5 Å². The summed E-state index contributed by atoms with van der Waals surface area (Å²) in [4.78, 5) is 0. The van der Waals surface area contributed by atoms with Gasteiger partial charge < -0.3 is 15.6 Å². The van der Waals surface area contributed by atoms with Crippen LogP contribution in [-0.2, 0) is 0 Å². The fourth-order valence-electron chi connectivity index (χ4n) is 1.17. The first kappa shape index (κ1) is 10.9. The van der Waals surface area contributed by atoms with E-state index in [1.54, 1.807) is 13.0 Å². The lowest BCUT2D eigenvalue weighted by Crippen LogP contribution is -2.23. The third-order valence-corrected chi connectivity index (χ3v) is 2.03. The van der Waals surface area contributed by atoms with E-state index in [0.717, 1.165) is 0 Å². The van der Waals surface area contributed by atoms with Crippen molar-refractivity contribution in [3.63, 3.8) is 0 Å². The maximum absolute atomic E-state index is 13.0. The van der Waals surface area contributed by atoms with Gasteiger partial charge in [0.1, 0.15) is 11.6 Å². The lowest BCUT2D eigenvalue weighted by molar-refractivity contribution is 0.164. The van der Waals surface area contributed by atoms with Crippen molar-refractivity contribution in [3.8, 4) is 5.75 Å². The molecule has 0 spiro atoms. The van der Waals surface area contributed by atoms with Crippen LogP contribution in [0.3, 0.4) is 0 Å². The highest BCUT2D eigenvalue weighted by atomic mass is 19.1. The monoisotopic (exact) mass is 199 g/mol. The zero-order chi connectivity index (χ0) is 10.7. The van der Waals surface area contributed by atoms with Crippen LogP contribution in [0.25, 0.3) is 0 Å². The van der Waals surface area contributed by atoms with Crippen molar-refractivity contribution in [3.05, 3.63) is 29.6 Å². The number of ether oxygens (including phenoxy) is 1. The first-order valence-electron chi connectivity index (χ1n) is 4.32. The van der Waals surface area contributed by atoms with Crippen molar-refractivity contribution in [2.45, 2.75) is 19.1 Å². The van der Waals surface area contributed by atoms with Gasteiger partial charge in [-0.15, -0.1) is 0 Å². The number of hydrogen-bond donors (Lipinski definition) is 2. The summed E-state index contributed by atoms with van der Waals surface area (Å²) in [7, 11) is 1.45. The summed E-state index contributed by atoms with van der Waals surface area (Å²) in [5, 5.41) is 9.24. The lowest BCUT2D eigenvalue weighted by atomic mass is 10.0. The Morgan fingerprint density at radius 3 is 2.57 bits per heavy atom. The number of aliphatic hydroxyl groups excluding tert-OH is 1. The molecule has 0 aromatic heterocycles. The molecule has 14 heavy (non-hydrogen) atoms. The molecule has 3 nitrogen and oxygen atoms in total. The average molecular weight is 199 g/mol. The highest BCUT2D eigenvalue weighted by Crippen LogP contribution is 2.21. The van der Waals surface area contributed by atoms with Gasteiger partial charge in [0.25, 0.3) is 0 Å². The number of hydrogen-bond acceptors (Lipinski definition) is 3. The van der Waals surface area contributed by atoms with Crippen molar-refractivity contribution in [2.75, 3.05) is 7.11 Å².